The Kier molecular flexibility index (Phi) is 14.6. The molecule has 3 heterocycles. The van der Waals surface area contributed by atoms with Gasteiger partial charge in [-0.1, -0.05) is 282 Å². The Morgan fingerprint density at radius 2 is 1.00 bits per heavy atom. The Balaban J connectivity index is 0.988. The van der Waals surface area contributed by atoms with E-state index in [1.807, 2.05) is 206 Å². The highest BCUT2D eigenvalue weighted by Crippen LogP contribution is 2.45. The molecule has 10 nitrogen and oxygen atoms in total. The van der Waals surface area contributed by atoms with Gasteiger partial charge in [-0.05, 0) is 40.7 Å². The molecule has 2 N–H and O–H groups in total. The fraction of sp³-hybridized carbons (Fsp3) is 0.109. The number of oxime groups is 1. The first-order valence-corrected chi connectivity index (χ1v) is 26.7. The van der Waals surface area contributed by atoms with Gasteiger partial charge in [0.1, 0.15) is 27.3 Å². The van der Waals surface area contributed by atoms with Crippen LogP contribution in [0.1, 0.15) is 69.1 Å². The first-order valence-electron chi connectivity index (χ1n) is 25.1. The Hall–Kier alpha value is -8.61. The number of carbonyl (C=O) groups is 3. The van der Waals surface area contributed by atoms with Crippen molar-refractivity contribution in [2.45, 2.75) is 42.2 Å². The number of ether oxygens (including phenoxy) is 1. The molecule has 1 fully saturated rings. The Labute approximate surface area is 460 Å². The predicted octanol–water partition coefficient (Wildman–Crippen LogP) is 13.2. The largest absolute Gasteiger partial charge is 0.448 e. The van der Waals surface area contributed by atoms with E-state index in [4.69, 9.17) is 42.9 Å². The number of nitrogens with one attached hydrogen (secondary N) is 2. The number of anilines is 1. The molecule has 1 aromatic heterocycles. The molecular formula is C64H49Cl2N5O5S. The monoisotopic (exact) mass is 1070 g/mol. The van der Waals surface area contributed by atoms with Gasteiger partial charge in [-0.15, -0.1) is 0 Å². The van der Waals surface area contributed by atoms with Gasteiger partial charge in [0, 0.05) is 21.7 Å². The number of β-lactam (4-membered cyclic amide) rings is 1. The quantitative estimate of drug-likeness (QED) is 0.0306. The second kappa shape index (κ2) is 22.3. The molecule has 8 aromatic carbocycles. The summed E-state index contributed by atoms with van der Waals surface area (Å²) in [6.07, 6.45) is -0.185. The zero-order chi connectivity index (χ0) is 52.8. The van der Waals surface area contributed by atoms with Gasteiger partial charge in [0.2, 0.25) is 5.60 Å². The third-order valence-corrected chi connectivity index (χ3v) is 15.6. The number of nitrogens with zero attached hydrogens (tertiary/aromatic N) is 3. The van der Waals surface area contributed by atoms with Gasteiger partial charge in [-0.25, -0.2) is 9.78 Å². The SMILES string of the molecule is O=C(OC(c1ccccc1)c1ccccc1)C1=C(Cl)CC[C@@H]2[C@H](NC(=O)/C(=N\OC(c3ccccc3)(c3ccccc3)c3ccccc3)c3nc(NC(c4ccccc4)(c4ccccc4)c4ccccc4)sc3Cl)C(=O)N12. The smallest absolute Gasteiger partial charge is 0.357 e. The minimum atomic E-state index is -1.41. The normalized spacial score (nSPS) is 15.5. The highest BCUT2D eigenvalue weighted by Gasteiger charge is 2.54. The van der Waals surface area contributed by atoms with E-state index in [1.165, 1.54) is 4.90 Å². The first kappa shape index (κ1) is 50.5. The zero-order valence-corrected chi connectivity index (χ0v) is 43.6. The number of hydrogen-bond acceptors (Lipinski definition) is 9. The van der Waals surface area contributed by atoms with Crippen LogP contribution in [0.3, 0.4) is 0 Å². The molecular weight excluding hydrogens is 1020 g/mol. The molecule has 1 saturated heterocycles. The maximum Gasteiger partial charge on any atom is 0.357 e. The minimum absolute atomic E-state index is 0.00943. The fourth-order valence-electron chi connectivity index (χ4n) is 10.4. The van der Waals surface area contributed by atoms with E-state index in [0.717, 1.165) is 55.8 Å². The van der Waals surface area contributed by atoms with Crippen molar-refractivity contribution < 1.29 is 24.0 Å². The van der Waals surface area contributed by atoms with Crippen molar-refractivity contribution in [1.29, 1.82) is 0 Å². The number of carbonyl (C=O) groups excluding carboxylic acids is 3. The number of amides is 2. The van der Waals surface area contributed by atoms with Gasteiger partial charge in [0.25, 0.3) is 11.8 Å². The second-order valence-corrected chi connectivity index (χ2v) is 20.6. The summed E-state index contributed by atoms with van der Waals surface area (Å²) in [6, 6.07) is 76.0. The van der Waals surface area contributed by atoms with Crippen molar-refractivity contribution in [3.8, 4) is 0 Å². The molecule has 2 aliphatic heterocycles. The summed E-state index contributed by atoms with van der Waals surface area (Å²) < 4.78 is 6.36. The van der Waals surface area contributed by atoms with Crippen molar-refractivity contribution >= 4 is 63.2 Å². The fourth-order valence-corrected chi connectivity index (χ4v) is 11.8. The van der Waals surface area contributed by atoms with Crippen LogP contribution in [-0.4, -0.2) is 45.5 Å². The Morgan fingerprint density at radius 3 is 1.43 bits per heavy atom. The van der Waals surface area contributed by atoms with Gasteiger partial charge in [0.05, 0.1) is 6.04 Å². The van der Waals surface area contributed by atoms with Gasteiger partial charge in [-0.3, -0.25) is 14.5 Å². The maximum absolute atomic E-state index is 15.4. The highest BCUT2D eigenvalue weighted by molar-refractivity contribution is 7.20. The third-order valence-electron chi connectivity index (χ3n) is 14.0. The molecule has 0 spiro atoms. The lowest BCUT2D eigenvalue weighted by atomic mass is 9.77. The maximum atomic E-state index is 15.4. The minimum Gasteiger partial charge on any atom is -0.448 e. The van der Waals surface area contributed by atoms with Crippen LogP contribution < -0.4 is 10.6 Å². The average molecular weight is 1070 g/mol. The lowest BCUT2D eigenvalue weighted by Crippen LogP contribution is -2.72. The van der Waals surface area contributed by atoms with Crippen LogP contribution in [0.15, 0.2) is 259 Å². The molecule has 2 atom stereocenters. The van der Waals surface area contributed by atoms with Crippen molar-refractivity contribution in [3.05, 3.63) is 308 Å². The number of halogens is 2. The van der Waals surface area contributed by atoms with Crippen molar-refractivity contribution in [1.82, 2.24) is 15.2 Å². The van der Waals surface area contributed by atoms with E-state index >= 15 is 4.79 Å². The molecule has 380 valence electrons. The van der Waals surface area contributed by atoms with Crippen LogP contribution in [0.4, 0.5) is 5.13 Å². The van der Waals surface area contributed by atoms with Crippen molar-refractivity contribution in [2.75, 3.05) is 5.32 Å². The molecule has 0 unspecified atom stereocenters. The van der Waals surface area contributed by atoms with Crippen LogP contribution in [0.25, 0.3) is 0 Å². The molecule has 11 rings (SSSR count). The van der Waals surface area contributed by atoms with E-state index in [0.29, 0.717) is 11.6 Å². The summed E-state index contributed by atoms with van der Waals surface area (Å²) in [5.41, 5.74) is 3.66. The van der Waals surface area contributed by atoms with Crippen LogP contribution in [0.2, 0.25) is 4.34 Å². The lowest BCUT2D eigenvalue weighted by molar-refractivity contribution is -0.158. The molecule has 9 aromatic rings. The number of hydrogen-bond donors (Lipinski definition) is 2. The molecule has 0 radical (unpaired) electrons. The topological polar surface area (TPSA) is 122 Å². The van der Waals surface area contributed by atoms with Gasteiger partial charge in [-0.2, -0.15) is 0 Å². The van der Waals surface area contributed by atoms with Crippen molar-refractivity contribution in [2.24, 2.45) is 5.16 Å². The van der Waals surface area contributed by atoms with Crippen molar-refractivity contribution in [3.63, 3.8) is 0 Å². The van der Waals surface area contributed by atoms with Gasteiger partial charge in [0.15, 0.2) is 16.9 Å². The van der Waals surface area contributed by atoms with Crippen LogP contribution in [0, 0.1) is 0 Å². The van der Waals surface area contributed by atoms with Gasteiger partial charge < -0.3 is 20.2 Å². The average Bonchev–Trinajstić information content (AvgIpc) is 3.88. The van der Waals surface area contributed by atoms with E-state index in [-0.39, 0.29) is 32.9 Å². The third kappa shape index (κ3) is 9.81. The molecule has 0 aliphatic carbocycles. The molecule has 2 aliphatic rings. The Bertz CT molecular complexity index is 3340. The standard InChI is InChI=1S/C64H49Cl2N5O5S/c65-51-41-42-52-53(60(73)71(52)56(51)61(74)75-57(43-25-9-1-10-26-43)44-27-11-2-12-28-44)67-59(72)55(70-76-64(48-35-19-6-20-36-48,49-37-21-7-22-38-49)50-39-23-8-24-40-50)54-58(66)77-62(68-54)69-63(45-29-13-3-14-30-45,46-31-15-4-16-32-46)47-33-17-5-18-34-47/h1-40,52-53,57H,41-42H2,(H,67,72)(H,68,69)/b70-55-/t52-,53+/m1/s1. The summed E-state index contributed by atoms with van der Waals surface area (Å²) in [4.78, 5) is 57.7. The zero-order valence-electron chi connectivity index (χ0n) is 41.3. The predicted molar refractivity (Wildman–Crippen MR) is 302 cm³/mol. The number of thiazole rings is 1. The number of esters is 1. The molecule has 77 heavy (non-hydrogen) atoms. The molecule has 2 amide bonds. The van der Waals surface area contributed by atoms with E-state index in [2.05, 4.69) is 47.0 Å². The number of rotatable bonds is 17. The van der Waals surface area contributed by atoms with Crippen LogP contribution >= 0.6 is 34.5 Å². The number of aromatic nitrogens is 1. The lowest BCUT2D eigenvalue weighted by Gasteiger charge is -2.49. The van der Waals surface area contributed by atoms with E-state index < -0.39 is 47.1 Å². The van der Waals surface area contributed by atoms with Gasteiger partial charge >= 0.3 is 5.97 Å². The summed E-state index contributed by atoms with van der Waals surface area (Å²) in [6.45, 7) is 0. The summed E-state index contributed by atoms with van der Waals surface area (Å²) in [5.74, 6) is -2.11. The second-order valence-electron chi connectivity index (χ2n) is 18.6. The molecule has 0 saturated carbocycles. The number of allylic oxidation sites excluding steroid dienone is 1. The molecule has 0 bridgehead atoms. The summed E-state index contributed by atoms with van der Waals surface area (Å²) >= 11 is 15.3. The Morgan fingerprint density at radius 1 is 0.597 bits per heavy atom. The van der Waals surface area contributed by atoms with E-state index in [9.17, 15) is 9.59 Å². The number of fused-ring (bicyclic) bond motifs is 1. The van der Waals surface area contributed by atoms with Crippen LogP contribution in [0.5, 0.6) is 0 Å². The van der Waals surface area contributed by atoms with E-state index in [1.54, 1.807) is 0 Å². The highest BCUT2D eigenvalue weighted by atomic mass is 35.5. The van der Waals surface area contributed by atoms with Crippen LogP contribution in [-0.2, 0) is 35.1 Å². The summed E-state index contributed by atoms with van der Waals surface area (Å²) in [5, 5.41) is 12.1. The first-order chi connectivity index (χ1) is 37.8. The summed E-state index contributed by atoms with van der Waals surface area (Å²) in [7, 11) is 0. The number of benzene rings is 8. The molecule has 13 heteroatoms.